The number of benzene rings is 1. The average molecular weight is 206 g/mol. The molecule has 1 saturated carbocycles. The highest BCUT2D eigenvalue weighted by atomic mass is 19.1. The van der Waals surface area contributed by atoms with Crippen LogP contribution in [0.15, 0.2) is 18.2 Å². The molecule has 1 fully saturated rings. The number of hydrogen-bond donors (Lipinski definition) is 1. The molecule has 1 nitrogen and oxygen atoms in total. The lowest BCUT2D eigenvalue weighted by molar-refractivity contribution is 0.0119. The van der Waals surface area contributed by atoms with Gasteiger partial charge in [-0.2, -0.15) is 0 Å². The van der Waals surface area contributed by atoms with E-state index in [1.165, 1.54) is 6.07 Å². The summed E-state index contributed by atoms with van der Waals surface area (Å²) in [6.45, 7) is 0. The molecule has 0 amide bonds. The van der Waals surface area contributed by atoms with Crippen molar-refractivity contribution in [1.82, 2.24) is 0 Å². The van der Waals surface area contributed by atoms with Crippen molar-refractivity contribution in [1.29, 1.82) is 0 Å². The Labute approximate surface area is 88.9 Å². The molecule has 1 unspecified atom stereocenters. The van der Waals surface area contributed by atoms with Gasteiger partial charge < -0.3 is 5.11 Å². The molecular weight excluding hydrogens is 191 g/mol. The molecule has 1 atom stereocenters. The molecule has 80 valence electrons. The fourth-order valence-electron chi connectivity index (χ4n) is 3.21. The number of fused-ring (bicyclic) bond motifs is 2. The van der Waals surface area contributed by atoms with Gasteiger partial charge in [0.1, 0.15) is 5.82 Å². The average Bonchev–Trinajstić information content (AvgIpc) is 2.16. The van der Waals surface area contributed by atoms with Crippen LogP contribution in [0.4, 0.5) is 4.39 Å². The van der Waals surface area contributed by atoms with Gasteiger partial charge in [0.2, 0.25) is 0 Å². The largest absolute Gasteiger partial charge is 0.392 e. The lowest BCUT2D eigenvalue weighted by Crippen LogP contribution is -2.49. The maximum absolute atomic E-state index is 13.8. The third-order valence-electron chi connectivity index (χ3n) is 4.17. The minimum absolute atomic E-state index is 0.119. The van der Waals surface area contributed by atoms with Crippen molar-refractivity contribution >= 4 is 0 Å². The van der Waals surface area contributed by atoms with Gasteiger partial charge in [0, 0.05) is 5.41 Å². The summed E-state index contributed by atoms with van der Waals surface area (Å²) in [7, 11) is 0. The summed E-state index contributed by atoms with van der Waals surface area (Å²) in [6.07, 6.45) is 4.28. The Balaban J connectivity index is 2.18. The van der Waals surface area contributed by atoms with Crippen molar-refractivity contribution in [3.63, 3.8) is 0 Å². The minimum atomic E-state index is -0.337. The molecule has 2 aliphatic rings. The third-order valence-corrected chi connectivity index (χ3v) is 4.17. The Kier molecular flexibility index (Phi) is 1.90. The summed E-state index contributed by atoms with van der Waals surface area (Å²) in [5, 5.41) is 10.1. The van der Waals surface area contributed by atoms with Gasteiger partial charge in [0.05, 0.1) is 6.10 Å². The first-order valence-electron chi connectivity index (χ1n) is 5.70. The molecule has 3 rings (SSSR count). The highest BCUT2D eigenvalue weighted by Crippen LogP contribution is 2.51. The smallest absolute Gasteiger partial charge is 0.127 e. The maximum atomic E-state index is 13.8. The summed E-state index contributed by atoms with van der Waals surface area (Å²) >= 11 is 0. The van der Waals surface area contributed by atoms with E-state index in [1.807, 2.05) is 6.07 Å². The second-order valence-electron chi connectivity index (χ2n) is 4.84. The van der Waals surface area contributed by atoms with E-state index in [4.69, 9.17) is 0 Å². The molecule has 0 aromatic heterocycles. The zero-order valence-corrected chi connectivity index (χ0v) is 8.67. The number of aryl methyl sites for hydroxylation is 1. The first kappa shape index (κ1) is 9.34. The van der Waals surface area contributed by atoms with Gasteiger partial charge in [-0.05, 0) is 42.9 Å². The van der Waals surface area contributed by atoms with E-state index in [9.17, 15) is 9.50 Å². The molecule has 0 radical (unpaired) electrons. The third kappa shape index (κ3) is 1.11. The molecule has 1 spiro atoms. The Bertz CT molecular complexity index is 396. The van der Waals surface area contributed by atoms with Crippen LogP contribution in [0.1, 0.15) is 36.8 Å². The van der Waals surface area contributed by atoms with Crippen LogP contribution in [0, 0.1) is 5.82 Å². The van der Waals surface area contributed by atoms with E-state index in [1.54, 1.807) is 6.07 Å². The summed E-state index contributed by atoms with van der Waals surface area (Å²) in [5.74, 6) is -0.119. The van der Waals surface area contributed by atoms with Crippen LogP contribution in [0.25, 0.3) is 0 Å². The van der Waals surface area contributed by atoms with E-state index >= 15 is 0 Å². The van der Waals surface area contributed by atoms with Gasteiger partial charge >= 0.3 is 0 Å². The van der Waals surface area contributed by atoms with Crippen LogP contribution < -0.4 is 0 Å². The highest BCUT2D eigenvalue weighted by molar-refractivity contribution is 5.41. The predicted octanol–water partition coefficient (Wildman–Crippen LogP) is 2.55. The van der Waals surface area contributed by atoms with Crippen LogP contribution in [-0.2, 0) is 11.8 Å². The van der Waals surface area contributed by atoms with Crippen LogP contribution in [0.3, 0.4) is 0 Å². The predicted molar refractivity (Wildman–Crippen MR) is 56.3 cm³/mol. The first-order valence-corrected chi connectivity index (χ1v) is 5.70. The van der Waals surface area contributed by atoms with E-state index in [2.05, 4.69) is 0 Å². The first-order chi connectivity index (χ1) is 7.24. The fourth-order valence-corrected chi connectivity index (χ4v) is 3.21. The summed E-state index contributed by atoms with van der Waals surface area (Å²) in [6, 6.07) is 5.31. The second-order valence-corrected chi connectivity index (χ2v) is 4.84. The topological polar surface area (TPSA) is 20.2 Å². The molecular formula is C13H15FO. The Morgan fingerprint density at radius 1 is 1.33 bits per heavy atom. The van der Waals surface area contributed by atoms with Crippen molar-refractivity contribution in [2.24, 2.45) is 0 Å². The molecule has 0 bridgehead atoms. The molecule has 0 heterocycles. The zero-order chi connectivity index (χ0) is 10.5. The van der Waals surface area contributed by atoms with Crippen LogP contribution in [0.2, 0.25) is 0 Å². The molecule has 1 aromatic carbocycles. The van der Waals surface area contributed by atoms with Crippen LogP contribution in [0.5, 0.6) is 0 Å². The van der Waals surface area contributed by atoms with Gasteiger partial charge in [0.15, 0.2) is 0 Å². The van der Waals surface area contributed by atoms with Crippen LogP contribution in [-0.4, -0.2) is 11.2 Å². The number of aliphatic hydroxyl groups is 1. The molecule has 1 N–H and O–H groups in total. The van der Waals surface area contributed by atoms with Crippen molar-refractivity contribution in [3.8, 4) is 0 Å². The minimum Gasteiger partial charge on any atom is -0.392 e. The number of hydrogen-bond acceptors (Lipinski definition) is 1. The van der Waals surface area contributed by atoms with Crippen molar-refractivity contribution in [2.75, 3.05) is 0 Å². The van der Waals surface area contributed by atoms with E-state index in [0.717, 1.165) is 43.2 Å². The molecule has 2 heteroatoms. The summed E-state index contributed by atoms with van der Waals surface area (Å²) in [4.78, 5) is 0. The Hall–Kier alpha value is -0.890. The van der Waals surface area contributed by atoms with Gasteiger partial charge in [-0.25, -0.2) is 4.39 Å². The SMILES string of the molecule is OC1CCc2cccc(F)c2C12CCC2. The van der Waals surface area contributed by atoms with Crippen molar-refractivity contribution < 1.29 is 9.50 Å². The van der Waals surface area contributed by atoms with E-state index in [0.29, 0.717) is 0 Å². The summed E-state index contributed by atoms with van der Waals surface area (Å²) in [5.41, 5.74) is 1.69. The Morgan fingerprint density at radius 2 is 2.13 bits per heavy atom. The monoisotopic (exact) mass is 206 g/mol. The summed E-state index contributed by atoms with van der Waals surface area (Å²) < 4.78 is 13.8. The quantitative estimate of drug-likeness (QED) is 0.691. The number of aliphatic hydroxyl groups excluding tert-OH is 1. The highest BCUT2D eigenvalue weighted by Gasteiger charge is 2.49. The molecule has 1 aromatic rings. The van der Waals surface area contributed by atoms with E-state index in [-0.39, 0.29) is 17.3 Å². The van der Waals surface area contributed by atoms with Crippen LogP contribution >= 0.6 is 0 Å². The maximum Gasteiger partial charge on any atom is 0.127 e. The van der Waals surface area contributed by atoms with Crippen molar-refractivity contribution in [3.05, 3.63) is 35.1 Å². The molecule has 0 saturated heterocycles. The normalized spacial score (nSPS) is 27.2. The molecule has 2 aliphatic carbocycles. The Morgan fingerprint density at radius 3 is 2.80 bits per heavy atom. The number of halogens is 1. The van der Waals surface area contributed by atoms with Crippen molar-refractivity contribution in [2.45, 2.75) is 43.6 Å². The lowest BCUT2D eigenvalue weighted by Gasteiger charge is -2.49. The van der Waals surface area contributed by atoms with Gasteiger partial charge in [-0.1, -0.05) is 18.6 Å². The van der Waals surface area contributed by atoms with Gasteiger partial charge in [0.25, 0.3) is 0 Å². The number of rotatable bonds is 0. The second kappa shape index (κ2) is 3.05. The molecule has 15 heavy (non-hydrogen) atoms. The fraction of sp³-hybridized carbons (Fsp3) is 0.538. The van der Waals surface area contributed by atoms with Gasteiger partial charge in [-0.15, -0.1) is 0 Å². The van der Waals surface area contributed by atoms with E-state index < -0.39 is 0 Å². The molecule has 0 aliphatic heterocycles. The lowest BCUT2D eigenvalue weighted by atomic mass is 9.56. The van der Waals surface area contributed by atoms with Gasteiger partial charge in [-0.3, -0.25) is 0 Å². The zero-order valence-electron chi connectivity index (χ0n) is 8.67. The standard InChI is InChI=1S/C13H15FO/c14-10-4-1-3-9-5-6-11(15)13(12(9)10)7-2-8-13/h1,3-4,11,15H,2,5-8H2.